The number of nitrogens with zero attached hydrogens (tertiary/aromatic N) is 1. The molecular weight excluding hydrogens is 242 g/mol. The summed E-state index contributed by atoms with van der Waals surface area (Å²) < 4.78 is 0. The minimum absolute atomic E-state index is 0.589. The molecule has 0 radical (unpaired) electrons. The van der Waals surface area contributed by atoms with Gasteiger partial charge in [-0.05, 0) is 43.9 Å². The van der Waals surface area contributed by atoms with Crippen LogP contribution in [-0.4, -0.2) is 6.04 Å². The van der Waals surface area contributed by atoms with Crippen molar-refractivity contribution < 1.29 is 0 Å². The van der Waals surface area contributed by atoms with Gasteiger partial charge in [0, 0.05) is 22.4 Å². The fourth-order valence-electron chi connectivity index (χ4n) is 2.35. The maximum Gasteiger partial charge on any atom is 0.0455 e. The number of anilines is 1. The molecule has 0 aromatic heterocycles. The molecule has 18 heavy (non-hydrogen) atoms. The molecule has 1 aromatic carbocycles. The first-order chi connectivity index (χ1) is 8.63. The Morgan fingerprint density at radius 3 is 2.61 bits per heavy atom. The number of allylic oxidation sites excluding steroid dienone is 1. The van der Waals surface area contributed by atoms with Gasteiger partial charge < -0.3 is 4.90 Å². The second kappa shape index (κ2) is 6.84. The molecule has 0 amide bonds. The maximum absolute atomic E-state index is 6.17. The second-order valence-electron chi connectivity index (χ2n) is 4.47. The Kier molecular flexibility index (Phi) is 5.74. The van der Waals surface area contributed by atoms with Gasteiger partial charge in [0.15, 0.2) is 0 Å². The van der Waals surface area contributed by atoms with E-state index >= 15 is 0 Å². The molecule has 1 aliphatic heterocycles. The zero-order chi connectivity index (χ0) is 13.7. The minimum Gasteiger partial charge on any atom is -0.343 e. The lowest BCUT2D eigenvalue weighted by molar-refractivity contribution is 0.649. The second-order valence-corrected chi connectivity index (χ2v) is 4.88. The van der Waals surface area contributed by atoms with Gasteiger partial charge in [0.25, 0.3) is 0 Å². The van der Waals surface area contributed by atoms with Crippen molar-refractivity contribution in [1.29, 1.82) is 0 Å². The molecule has 1 saturated heterocycles. The zero-order valence-corrected chi connectivity index (χ0v) is 12.7. The van der Waals surface area contributed by atoms with Crippen molar-refractivity contribution in [3.05, 3.63) is 41.1 Å². The first-order valence-corrected chi connectivity index (χ1v) is 7.24. The van der Waals surface area contributed by atoms with E-state index in [1.807, 2.05) is 20.8 Å². The normalized spacial score (nSPS) is 18.6. The molecule has 1 fully saturated rings. The topological polar surface area (TPSA) is 3.24 Å². The van der Waals surface area contributed by atoms with Gasteiger partial charge in [0.1, 0.15) is 0 Å². The Balaban J connectivity index is 0.000000771. The molecule has 0 unspecified atom stereocenters. The predicted molar refractivity (Wildman–Crippen MR) is 82.5 cm³/mol. The summed E-state index contributed by atoms with van der Waals surface area (Å²) in [5, 5.41) is 0.840. The van der Waals surface area contributed by atoms with Crippen molar-refractivity contribution in [2.75, 3.05) is 4.90 Å². The molecule has 1 nitrogen and oxygen atoms in total. The van der Waals surface area contributed by atoms with Crippen molar-refractivity contribution in [3.8, 4) is 0 Å². The number of rotatable bonds is 2. The van der Waals surface area contributed by atoms with Gasteiger partial charge in [-0.25, -0.2) is 0 Å². The van der Waals surface area contributed by atoms with Crippen molar-refractivity contribution >= 4 is 17.3 Å². The first-order valence-electron chi connectivity index (χ1n) is 6.86. The molecule has 1 aliphatic rings. The van der Waals surface area contributed by atoms with E-state index < -0.39 is 0 Å². The quantitative estimate of drug-likeness (QED) is 0.676. The van der Waals surface area contributed by atoms with Crippen LogP contribution in [0.1, 0.15) is 45.6 Å². The SMILES string of the molecule is C=C1CC[C@H](CC)N1c1ccc(C)c(Cl)c1.CC. The monoisotopic (exact) mass is 265 g/mol. The molecular formula is C16H24ClN. The van der Waals surface area contributed by atoms with E-state index in [2.05, 4.69) is 36.6 Å². The summed E-state index contributed by atoms with van der Waals surface area (Å²) in [7, 11) is 0. The fraction of sp³-hybridized carbons (Fsp3) is 0.500. The lowest BCUT2D eigenvalue weighted by Crippen LogP contribution is -2.26. The van der Waals surface area contributed by atoms with Crippen LogP contribution in [0.4, 0.5) is 5.69 Å². The van der Waals surface area contributed by atoms with E-state index in [1.165, 1.54) is 17.8 Å². The number of aryl methyl sites for hydroxylation is 1. The van der Waals surface area contributed by atoms with Crippen LogP contribution in [0.15, 0.2) is 30.5 Å². The minimum atomic E-state index is 0.589. The highest BCUT2D eigenvalue weighted by atomic mass is 35.5. The van der Waals surface area contributed by atoms with Crippen molar-refractivity contribution in [2.24, 2.45) is 0 Å². The number of halogens is 1. The third-order valence-corrected chi connectivity index (χ3v) is 3.78. The molecule has 2 heteroatoms. The summed E-state index contributed by atoms with van der Waals surface area (Å²) in [6.07, 6.45) is 3.47. The molecule has 100 valence electrons. The summed E-state index contributed by atoms with van der Waals surface area (Å²) in [6, 6.07) is 6.86. The average Bonchev–Trinajstić information content (AvgIpc) is 2.76. The lowest BCUT2D eigenvalue weighted by Gasteiger charge is -2.27. The Hall–Kier alpha value is -0.950. The standard InChI is InChI=1S/C14H18ClN.C2H6/c1-4-12-8-6-11(3)16(12)13-7-5-10(2)14(15)9-13;1-2/h5,7,9,12H,3-4,6,8H2,1-2H3;1-2H3/t12-;/m0./s1. The highest BCUT2D eigenvalue weighted by molar-refractivity contribution is 6.31. The largest absolute Gasteiger partial charge is 0.343 e. The molecule has 0 bridgehead atoms. The predicted octanol–water partition coefficient (Wildman–Crippen LogP) is 5.57. The third-order valence-electron chi connectivity index (χ3n) is 3.38. The molecule has 0 aliphatic carbocycles. The van der Waals surface area contributed by atoms with Crippen LogP contribution in [0.2, 0.25) is 5.02 Å². The van der Waals surface area contributed by atoms with E-state index in [0.717, 1.165) is 23.4 Å². The Labute approximate surface area is 116 Å². The average molecular weight is 266 g/mol. The van der Waals surface area contributed by atoms with Gasteiger partial charge in [-0.1, -0.05) is 45.0 Å². The summed E-state index contributed by atoms with van der Waals surface area (Å²) in [4.78, 5) is 2.34. The molecule has 2 rings (SSSR count). The van der Waals surface area contributed by atoms with Gasteiger partial charge in [0.05, 0.1) is 0 Å². The molecule has 0 spiro atoms. The van der Waals surface area contributed by atoms with E-state index in [9.17, 15) is 0 Å². The van der Waals surface area contributed by atoms with Gasteiger partial charge in [-0.2, -0.15) is 0 Å². The third kappa shape index (κ3) is 3.08. The number of hydrogen-bond donors (Lipinski definition) is 0. The highest BCUT2D eigenvalue weighted by Crippen LogP contribution is 2.35. The van der Waals surface area contributed by atoms with Gasteiger partial charge in [0.2, 0.25) is 0 Å². The summed E-state index contributed by atoms with van der Waals surface area (Å²) in [6.45, 7) is 12.4. The number of benzene rings is 1. The lowest BCUT2D eigenvalue weighted by atomic mass is 10.1. The summed E-state index contributed by atoms with van der Waals surface area (Å²) >= 11 is 6.17. The molecule has 1 atom stereocenters. The first kappa shape index (κ1) is 15.1. The van der Waals surface area contributed by atoms with Crippen LogP contribution < -0.4 is 4.90 Å². The van der Waals surface area contributed by atoms with Gasteiger partial charge in [-0.15, -0.1) is 0 Å². The van der Waals surface area contributed by atoms with Crippen LogP contribution in [0.3, 0.4) is 0 Å². The molecule has 0 N–H and O–H groups in total. The van der Waals surface area contributed by atoms with E-state index in [4.69, 9.17) is 11.6 Å². The van der Waals surface area contributed by atoms with Crippen molar-refractivity contribution in [1.82, 2.24) is 0 Å². The van der Waals surface area contributed by atoms with Gasteiger partial charge >= 0.3 is 0 Å². The number of hydrogen-bond acceptors (Lipinski definition) is 1. The van der Waals surface area contributed by atoms with E-state index in [1.54, 1.807) is 0 Å². The van der Waals surface area contributed by atoms with E-state index in [-0.39, 0.29) is 0 Å². The van der Waals surface area contributed by atoms with E-state index in [0.29, 0.717) is 6.04 Å². The van der Waals surface area contributed by atoms with Crippen molar-refractivity contribution in [3.63, 3.8) is 0 Å². The Morgan fingerprint density at radius 2 is 2.06 bits per heavy atom. The van der Waals surface area contributed by atoms with Crippen molar-refractivity contribution in [2.45, 2.75) is 53.0 Å². The Morgan fingerprint density at radius 1 is 1.39 bits per heavy atom. The molecule has 1 heterocycles. The molecule has 1 aromatic rings. The molecule has 0 saturated carbocycles. The highest BCUT2D eigenvalue weighted by Gasteiger charge is 2.26. The zero-order valence-electron chi connectivity index (χ0n) is 12.0. The van der Waals surface area contributed by atoms with Crippen LogP contribution in [0.25, 0.3) is 0 Å². The summed E-state index contributed by atoms with van der Waals surface area (Å²) in [5.74, 6) is 0. The summed E-state index contributed by atoms with van der Waals surface area (Å²) in [5.41, 5.74) is 3.53. The van der Waals surface area contributed by atoms with Crippen LogP contribution >= 0.6 is 11.6 Å². The maximum atomic E-state index is 6.17. The van der Waals surface area contributed by atoms with Crippen LogP contribution in [-0.2, 0) is 0 Å². The van der Waals surface area contributed by atoms with Crippen LogP contribution in [0.5, 0.6) is 0 Å². The smallest absolute Gasteiger partial charge is 0.0455 e. The van der Waals surface area contributed by atoms with Crippen LogP contribution in [0, 0.1) is 6.92 Å². The van der Waals surface area contributed by atoms with Gasteiger partial charge in [-0.3, -0.25) is 0 Å². The Bertz CT molecular complexity index is 412. The fourth-order valence-corrected chi connectivity index (χ4v) is 2.53.